The number of piperazine rings is 1. The van der Waals surface area contributed by atoms with Crippen molar-refractivity contribution >= 4 is 5.70 Å². The lowest BCUT2D eigenvalue weighted by atomic mass is 10.1. The first-order valence-electron chi connectivity index (χ1n) is 7.38. The molecule has 2 heteroatoms. The highest BCUT2D eigenvalue weighted by Crippen LogP contribution is 2.21. The Bertz CT molecular complexity index is 546. The summed E-state index contributed by atoms with van der Waals surface area (Å²) in [5.74, 6) is 0. The van der Waals surface area contributed by atoms with Crippen LogP contribution in [0.15, 0.2) is 73.5 Å². The van der Waals surface area contributed by atoms with E-state index in [4.69, 9.17) is 0 Å². The van der Waals surface area contributed by atoms with Crippen molar-refractivity contribution in [3.8, 4) is 0 Å². The summed E-state index contributed by atoms with van der Waals surface area (Å²) in [6.07, 6.45) is 4.01. The predicted octanol–water partition coefficient (Wildman–Crippen LogP) is 3.92. The molecule has 0 radical (unpaired) electrons. The molecule has 0 spiro atoms. The molecule has 0 aliphatic carbocycles. The van der Waals surface area contributed by atoms with Crippen LogP contribution in [0.4, 0.5) is 0 Å². The van der Waals surface area contributed by atoms with E-state index in [2.05, 4.69) is 53.8 Å². The van der Waals surface area contributed by atoms with Gasteiger partial charge in [0.15, 0.2) is 0 Å². The van der Waals surface area contributed by atoms with E-state index in [1.165, 1.54) is 5.56 Å². The largest absolute Gasteiger partial charge is 0.368 e. The van der Waals surface area contributed by atoms with Crippen LogP contribution in [0.1, 0.15) is 12.5 Å². The van der Waals surface area contributed by atoms with Crippen molar-refractivity contribution < 1.29 is 0 Å². The SMILES string of the molecule is C=C(/C=C/C)C(=C)N1CCN(C(=C)c2ccccc2)CC1. The third-order valence-corrected chi connectivity index (χ3v) is 3.89. The molecule has 1 aromatic rings. The fourth-order valence-corrected chi connectivity index (χ4v) is 2.56. The monoisotopic (exact) mass is 280 g/mol. The quantitative estimate of drug-likeness (QED) is 0.754. The normalized spacial score (nSPS) is 15.3. The summed E-state index contributed by atoms with van der Waals surface area (Å²) in [6.45, 7) is 18.3. The third-order valence-electron chi connectivity index (χ3n) is 3.89. The molecule has 1 heterocycles. The summed E-state index contributed by atoms with van der Waals surface area (Å²) in [5.41, 5.74) is 4.32. The first kappa shape index (κ1) is 15.2. The average Bonchev–Trinajstić information content (AvgIpc) is 2.54. The van der Waals surface area contributed by atoms with E-state index in [9.17, 15) is 0 Å². The second kappa shape index (κ2) is 6.98. The van der Waals surface area contributed by atoms with Crippen LogP contribution >= 0.6 is 0 Å². The Morgan fingerprint density at radius 2 is 1.52 bits per heavy atom. The van der Waals surface area contributed by atoms with Crippen LogP contribution in [0.3, 0.4) is 0 Å². The smallest absolute Gasteiger partial charge is 0.0368 e. The summed E-state index contributed by atoms with van der Waals surface area (Å²) in [6, 6.07) is 10.4. The van der Waals surface area contributed by atoms with Gasteiger partial charge in [-0.3, -0.25) is 0 Å². The van der Waals surface area contributed by atoms with Crippen molar-refractivity contribution in [2.75, 3.05) is 26.2 Å². The van der Waals surface area contributed by atoms with Gasteiger partial charge in [-0.15, -0.1) is 0 Å². The highest BCUT2D eigenvalue weighted by atomic mass is 15.3. The molecule has 1 aromatic carbocycles. The molecule has 1 fully saturated rings. The van der Waals surface area contributed by atoms with Crippen LogP contribution in [-0.2, 0) is 0 Å². The Hall–Kier alpha value is -2.22. The maximum Gasteiger partial charge on any atom is 0.0368 e. The van der Waals surface area contributed by atoms with Gasteiger partial charge in [0, 0.05) is 37.6 Å². The van der Waals surface area contributed by atoms with Gasteiger partial charge in [0.05, 0.1) is 0 Å². The molecular weight excluding hydrogens is 256 g/mol. The number of allylic oxidation sites excluding steroid dienone is 2. The first-order chi connectivity index (χ1) is 10.1. The van der Waals surface area contributed by atoms with Crippen LogP contribution < -0.4 is 0 Å². The van der Waals surface area contributed by atoms with Crippen molar-refractivity contribution in [3.05, 3.63) is 79.1 Å². The lowest BCUT2D eigenvalue weighted by molar-refractivity contribution is 0.218. The molecule has 0 unspecified atom stereocenters. The lowest BCUT2D eigenvalue weighted by Crippen LogP contribution is -2.44. The zero-order chi connectivity index (χ0) is 15.2. The van der Waals surface area contributed by atoms with Crippen LogP contribution in [0.2, 0.25) is 0 Å². The van der Waals surface area contributed by atoms with Crippen molar-refractivity contribution in [1.82, 2.24) is 9.80 Å². The fourth-order valence-electron chi connectivity index (χ4n) is 2.56. The number of nitrogens with zero attached hydrogens (tertiary/aromatic N) is 2. The Morgan fingerprint density at radius 3 is 2.10 bits per heavy atom. The molecule has 0 amide bonds. The molecule has 2 nitrogen and oxygen atoms in total. The summed E-state index contributed by atoms with van der Waals surface area (Å²) >= 11 is 0. The maximum absolute atomic E-state index is 4.24. The summed E-state index contributed by atoms with van der Waals surface area (Å²) in [7, 11) is 0. The topological polar surface area (TPSA) is 6.48 Å². The third kappa shape index (κ3) is 3.66. The number of rotatable bonds is 5. The summed E-state index contributed by atoms with van der Waals surface area (Å²) < 4.78 is 0. The van der Waals surface area contributed by atoms with Crippen LogP contribution in [-0.4, -0.2) is 36.0 Å². The Morgan fingerprint density at radius 1 is 0.952 bits per heavy atom. The van der Waals surface area contributed by atoms with Gasteiger partial charge in [0.1, 0.15) is 0 Å². The van der Waals surface area contributed by atoms with Gasteiger partial charge in [0.25, 0.3) is 0 Å². The zero-order valence-corrected chi connectivity index (χ0v) is 12.9. The second-order valence-corrected chi connectivity index (χ2v) is 5.26. The molecular formula is C19H24N2. The summed E-state index contributed by atoms with van der Waals surface area (Å²) in [4.78, 5) is 4.65. The Balaban J connectivity index is 1.93. The molecule has 2 rings (SSSR count). The molecule has 0 bridgehead atoms. The molecule has 110 valence electrons. The highest BCUT2D eigenvalue weighted by Gasteiger charge is 2.19. The van der Waals surface area contributed by atoms with E-state index < -0.39 is 0 Å². The molecule has 0 aromatic heterocycles. The maximum atomic E-state index is 4.24. The minimum Gasteiger partial charge on any atom is -0.368 e. The van der Waals surface area contributed by atoms with Gasteiger partial charge in [-0.25, -0.2) is 0 Å². The molecule has 0 N–H and O–H groups in total. The second-order valence-electron chi connectivity index (χ2n) is 5.26. The van der Waals surface area contributed by atoms with E-state index in [-0.39, 0.29) is 0 Å². The standard InChI is InChI=1S/C19H24N2/c1-5-9-16(2)17(3)20-12-14-21(15-13-20)18(4)19-10-7-6-8-11-19/h5-11H,2-4,12-15H2,1H3/b9-5+. The van der Waals surface area contributed by atoms with E-state index >= 15 is 0 Å². The van der Waals surface area contributed by atoms with Gasteiger partial charge in [-0.1, -0.05) is 62.2 Å². The van der Waals surface area contributed by atoms with Crippen LogP contribution in [0.25, 0.3) is 5.70 Å². The molecule has 21 heavy (non-hydrogen) atoms. The van der Waals surface area contributed by atoms with Crippen molar-refractivity contribution in [2.45, 2.75) is 6.92 Å². The van der Waals surface area contributed by atoms with E-state index in [0.717, 1.165) is 43.1 Å². The van der Waals surface area contributed by atoms with Crippen LogP contribution in [0.5, 0.6) is 0 Å². The predicted molar refractivity (Wildman–Crippen MR) is 91.7 cm³/mol. The minimum absolute atomic E-state index is 0.960. The van der Waals surface area contributed by atoms with Gasteiger partial charge < -0.3 is 9.80 Å². The van der Waals surface area contributed by atoms with Gasteiger partial charge in [0.2, 0.25) is 0 Å². The number of benzene rings is 1. The Kier molecular flexibility index (Phi) is 5.04. The van der Waals surface area contributed by atoms with Gasteiger partial charge >= 0.3 is 0 Å². The molecule has 1 aliphatic heterocycles. The molecule has 0 saturated carbocycles. The van der Waals surface area contributed by atoms with E-state index in [1.807, 2.05) is 25.1 Å². The lowest BCUT2D eigenvalue weighted by Gasteiger charge is -2.39. The molecule has 1 aliphatic rings. The van der Waals surface area contributed by atoms with Crippen molar-refractivity contribution in [2.24, 2.45) is 0 Å². The van der Waals surface area contributed by atoms with Gasteiger partial charge in [-0.05, 0) is 18.1 Å². The first-order valence-corrected chi connectivity index (χ1v) is 7.38. The number of hydrogen-bond donors (Lipinski definition) is 0. The van der Waals surface area contributed by atoms with Crippen molar-refractivity contribution in [3.63, 3.8) is 0 Å². The highest BCUT2D eigenvalue weighted by molar-refractivity contribution is 5.61. The number of hydrogen-bond acceptors (Lipinski definition) is 2. The van der Waals surface area contributed by atoms with Crippen LogP contribution in [0, 0.1) is 0 Å². The fraction of sp³-hybridized carbons (Fsp3) is 0.263. The zero-order valence-electron chi connectivity index (χ0n) is 12.9. The van der Waals surface area contributed by atoms with E-state index in [1.54, 1.807) is 0 Å². The summed E-state index contributed by atoms with van der Waals surface area (Å²) in [5, 5.41) is 0. The van der Waals surface area contributed by atoms with Crippen molar-refractivity contribution in [1.29, 1.82) is 0 Å². The van der Waals surface area contributed by atoms with E-state index in [0.29, 0.717) is 0 Å². The minimum atomic E-state index is 0.960. The average molecular weight is 280 g/mol. The van der Waals surface area contributed by atoms with Gasteiger partial charge in [-0.2, -0.15) is 0 Å². The Labute approximate surface area is 128 Å². The molecule has 1 saturated heterocycles. The molecule has 0 atom stereocenters.